The maximum Gasteiger partial charge on any atom is 0.137 e. The standard InChI is InChI=1S/C13H19FN2O/c1-2-17-12-7-11(8-16-9-12)13(14)10-3-5-15-6-4-10/h7-10,13,15H,2-6H2,1H3. The van der Waals surface area contributed by atoms with Gasteiger partial charge in [0.15, 0.2) is 0 Å². The summed E-state index contributed by atoms with van der Waals surface area (Å²) >= 11 is 0. The molecule has 0 radical (unpaired) electrons. The number of hydrogen-bond acceptors (Lipinski definition) is 3. The minimum atomic E-state index is -0.926. The summed E-state index contributed by atoms with van der Waals surface area (Å²) in [7, 11) is 0. The van der Waals surface area contributed by atoms with Gasteiger partial charge in [-0.05, 0) is 44.8 Å². The predicted octanol–water partition coefficient (Wildman–Crippen LogP) is 2.49. The van der Waals surface area contributed by atoms with Gasteiger partial charge in [-0.15, -0.1) is 0 Å². The van der Waals surface area contributed by atoms with Crippen molar-refractivity contribution in [3.63, 3.8) is 0 Å². The van der Waals surface area contributed by atoms with Crippen LogP contribution in [0.3, 0.4) is 0 Å². The average molecular weight is 238 g/mol. The van der Waals surface area contributed by atoms with Gasteiger partial charge in [0.05, 0.1) is 12.8 Å². The summed E-state index contributed by atoms with van der Waals surface area (Å²) in [6.45, 7) is 4.30. The van der Waals surface area contributed by atoms with Gasteiger partial charge in [-0.2, -0.15) is 0 Å². The molecule has 3 nitrogen and oxygen atoms in total. The summed E-state index contributed by atoms with van der Waals surface area (Å²) in [6, 6.07) is 1.77. The third-order valence-electron chi connectivity index (χ3n) is 3.16. The highest BCUT2D eigenvalue weighted by molar-refractivity contribution is 5.25. The zero-order valence-electron chi connectivity index (χ0n) is 10.2. The predicted molar refractivity (Wildman–Crippen MR) is 64.8 cm³/mol. The van der Waals surface area contributed by atoms with Crippen LogP contribution in [0.2, 0.25) is 0 Å². The minimum Gasteiger partial charge on any atom is -0.492 e. The molecule has 94 valence electrons. The summed E-state index contributed by atoms with van der Waals surface area (Å²) in [6.07, 6.45) is 4.09. The van der Waals surface area contributed by atoms with Crippen molar-refractivity contribution in [2.75, 3.05) is 19.7 Å². The van der Waals surface area contributed by atoms with Gasteiger partial charge in [0.1, 0.15) is 11.9 Å². The van der Waals surface area contributed by atoms with E-state index in [9.17, 15) is 4.39 Å². The largest absolute Gasteiger partial charge is 0.492 e. The van der Waals surface area contributed by atoms with Crippen molar-refractivity contribution in [3.05, 3.63) is 24.0 Å². The molecule has 0 aromatic carbocycles. The first-order chi connectivity index (χ1) is 8.31. The fourth-order valence-electron chi connectivity index (χ4n) is 2.24. The number of nitrogens with one attached hydrogen (secondary N) is 1. The number of pyridine rings is 1. The van der Waals surface area contributed by atoms with E-state index in [0.29, 0.717) is 17.9 Å². The summed E-state index contributed by atoms with van der Waals surface area (Å²) in [5, 5.41) is 3.25. The molecule has 1 aliphatic rings. The summed E-state index contributed by atoms with van der Waals surface area (Å²) < 4.78 is 19.7. The van der Waals surface area contributed by atoms with Crippen molar-refractivity contribution in [2.24, 2.45) is 5.92 Å². The lowest BCUT2D eigenvalue weighted by atomic mass is 9.90. The summed E-state index contributed by atoms with van der Waals surface area (Å²) in [5.41, 5.74) is 0.642. The Morgan fingerprint density at radius 3 is 2.94 bits per heavy atom. The van der Waals surface area contributed by atoms with Crippen LogP contribution in [0.5, 0.6) is 5.75 Å². The second-order valence-electron chi connectivity index (χ2n) is 4.38. The van der Waals surface area contributed by atoms with Crippen LogP contribution in [-0.2, 0) is 0 Å². The van der Waals surface area contributed by atoms with E-state index >= 15 is 0 Å². The molecular weight excluding hydrogens is 219 g/mol. The first-order valence-corrected chi connectivity index (χ1v) is 6.23. The maximum absolute atomic E-state index is 14.3. The monoisotopic (exact) mass is 238 g/mol. The maximum atomic E-state index is 14.3. The van der Waals surface area contributed by atoms with Crippen LogP contribution in [-0.4, -0.2) is 24.7 Å². The van der Waals surface area contributed by atoms with Crippen LogP contribution >= 0.6 is 0 Å². The molecule has 1 fully saturated rings. The van der Waals surface area contributed by atoms with Crippen LogP contribution in [0.25, 0.3) is 0 Å². The van der Waals surface area contributed by atoms with Gasteiger partial charge in [0, 0.05) is 11.8 Å². The van der Waals surface area contributed by atoms with Crippen LogP contribution in [0.1, 0.15) is 31.5 Å². The number of ether oxygens (including phenoxy) is 1. The Labute approximate surface area is 101 Å². The third kappa shape index (κ3) is 3.16. The number of hydrogen-bond donors (Lipinski definition) is 1. The molecule has 0 saturated carbocycles. The number of rotatable bonds is 4. The van der Waals surface area contributed by atoms with Gasteiger partial charge in [-0.1, -0.05) is 0 Å². The molecule has 1 N–H and O–H groups in total. The molecule has 2 heterocycles. The molecule has 0 bridgehead atoms. The minimum absolute atomic E-state index is 0.106. The Morgan fingerprint density at radius 2 is 2.24 bits per heavy atom. The molecule has 0 amide bonds. The molecule has 1 aliphatic heterocycles. The van der Waals surface area contributed by atoms with Crippen LogP contribution in [0.4, 0.5) is 4.39 Å². The Balaban J connectivity index is 2.06. The average Bonchev–Trinajstić information content (AvgIpc) is 2.40. The normalized spacial score (nSPS) is 18.9. The number of aromatic nitrogens is 1. The third-order valence-corrected chi connectivity index (χ3v) is 3.16. The molecule has 1 aromatic heterocycles. The van der Waals surface area contributed by atoms with E-state index in [1.807, 2.05) is 6.92 Å². The highest BCUT2D eigenvalue weighted by Crippen LogP contribution is 2.33. The quantitative estimate of drug-likeness (QED) is 0.875. The van der Waals surface area contributed by atoms with Crippen molar-refractivity contribution >= 4 is 0 Å². The van der Waals surface area contributed by atoms with E-state index in [4.69, 9.17) is 4.74 Å². The lowest BCUT2D eigenvalue weighted by molar-refractivity contribution is 0.189. The van der Waals surface area contributed by atoms with Gasteiger partial charge in [0.2, 0.25) is 0 Å². The zero-order chi connectivity index (χ0) is 12.1. The van der Waals surface area contributed by atoms with E-state index in [1.165, 1.54) is 0 Å². The van der Waals surface area contributed by atoms with E-state index < -0.39 is 6.17 Å². The first-order valence-electron chi connectivity index (χ1n) is 6.23. The van der Waals surface area contributed by atoms with Crippen molar-refractivity contribution in [1.29, 1.82) is 0 Å². The second kappa shape index (κ2) is 5.96. The molecule has 4 heteroatoms. The molecule has 0 spiro atoms. The van der Waals surface area contributed by atoms with E-state index in [0.717, 1.165) is 25.9 Å². The zero-order valence-corrected chi connectivity index (χ0v) is 10.2. The molecule has 0 aliphatic carbocycles. The highest BCUT2D eigenvalue weighted by Gasteiger charge is 2.25. The van der Waals surface area contributed by atoms with Crippen molar-refractivity contribution < 1.29 is 9.13 Å². The fourth-order valence-corrected chi connectivity index (χ4v) is 2.24. The molecular formula is C13H19FN2O. The molecule has 1 unspecified atom stereocenters. The number of alkyl halides is 1. The molecule has 17 heavy (non-hydrogen) atoms. The Hall–Kier alpha value is -1.16. The smallest absolute Gasteiger partial charge is 0.137 e. The second-order valence-corrected chi connectivity index (χ2v) is 4.38. The topological polar surface area (TPSA) is 34.1 Å². The molecule has 1 saturated heterocycles. The Bertz CT molecular complexity index is 353. The molecule has 1 atom stereocenters. The van der Waals surface area contributed by atoms with E-state index in [2.05, 4.69) is 10.3 Å². The molecule has 1 aromatic rings. The Morgan fingerprint density at radius 1 is 1.47 bits per heavy atom. The Kier molecular flexibility index (Phi) is 4.31. The lowest BCUT2D eigenvalue weighted by Crippen LogP contribution is -2.29. The van der Waals surface area contributed by atoms with Gasteiger partial charge in [-0.3, -0.25) is 4.98 Å². The van der Waals surface area contributed by atoms with Gasteiger partial charge in [-0.25, -0.2) is 4.39 Å². The highest BCUT2D eigenvalue weighted by atomic mass is 19.1. The van der Waals surface area contributed by atoms with E-state index in [1.54, 1.807) is 18.5 Å². The van der Waals surface area contributed by atoms with Crippen LogP contribution in [0, 0.1) is 5.92 Å². The van der Waals surface area contributed by atoms with Crippen LogP contribution in [0.15, 0.2) is 18.5 Å². The summed E-state index contributed by atoms with van der Waals surface area (Å²) in [4.78, 5) is 4.04. The van der Waals surface area contributed by atoms with Gasteiger partial charge in [0.25, 0.3) is 0 Å². The number of halogens is 1. The van der Waals surface area contributed by atoms with E-state index in [-0.39, 0.29) is 5.92 Å². The lowest BCUT2D eigenvalue weighted by Gasteiger charge is -2.25. The van der Waals surface area contributed by atoms with Crippen molar-refractivity contribution in [2.45, 2.75) is 25.9 Å². The van der Waals surface area contributed by atoms with Crippen LogP contribution < -0.4 is 10.1 Å². The van der Waals surface area contributed by atoms with Crippen molar-refractivity contribution in [3.8, 4) is 5.75 Å². The van der Waals surface area contributed by atoms with Crippen molar-refractivity contribution in [1.82, 2.24) is 10.3 Å². The number of nitrogens with zero attached hydrogens (tertiary/aromatic N) is 1. The van der Waals surface area contributed by atoms with Gasteiger partial charge >= 0.3 is 0 Å². The first kappa shape index (κ1) is 12.3. The molecule has 2 rings (SSSR count). The van der Waals surface area contributed by atoms with Gasteiger partial charge < -0.3 is 10.1 Å². The summed E-state index contributed by atoms with van der Waals surface area (Å²) in [5.74, 6) is 0.761. The fraction of sp³-hybridized carbons (Fsp3) is 0.615. The SMILES string of the molecule is CCOc1cncc(C(F)C2CCNCC2)c1. The number of piperidine rings is 1.